The summed E-state index contributed by atoms with van der Waals surface area (Å²) in [6, 6.07) is 0. The largest absolute Gasteiger partial charge is 0.472 e. The molecule has 0 aliphatic heterocycles. The molecule has 0 aromatic heterocycles. The number of unbranched alkanes of at least 4 members (excludes halogenated alkanes) is 31. The van der Waals surface area contributed by atoms with Crippen LogP contribution < -0.4 is 0 Å². The highest BCUT2D eigenvalue weighted by Gasteiger charge is 2.28. The molecule has 3 unspecified atom stereocenters. The maximum absolute atomic E-state index is 12.9. The Labute approximate surface area is 465 Å². The second kappa shape index (κ2) is 58.3. The monoisotopic (exact) mass is 1090 g/mol. The van der Waals surface area contributed by atoms with E-state index in [1.165, 1.54) is 128 Å². The van der Waals surface area contributed by atoms with Gasteiger partial charge in [0.05, 0.1) is 19.8 Å². The van der Waals surface area contributed by atoms with Crippen molar-refractivity contribution < 1.29 is 52.2 Å². The lowest BCUT2D eigenvalue weighted by Gasteiger charge is -2.21. The van der Waals surface area contributed by atoms with Gasteiger partial charge < -0.3 is 24.2 Å². The van der Waals surface area contributed by atoms with Gasteiger partial charge in [0.15, 0.2) is 6.10 Å². The van der Waals surface area contributed by atoms with E-state index >= 15 is 0 Å². The van der Waals surface area contributed by atoms with Gasteiger partial charge in [0, 0.05) is 19.3 Å². The van der Waals surface area contributed by atoms with Gasteiger partial charge in [-0.2, -0.15) is 0 Å². The molecule has 0 saturated heterocycles. The molecular formula is C64H115O11P. The Morgan fingerprint density at radius 3 is 1.08 bits per heavy atom. The predicted molar refractivity (Wildman–Crippen MR) is 316 cm³/mol. The summed E-state index contributed by atoms with van der Waals surface area (Å²) >= 11 is 0. The summed E-state index contributed by atoms with van der Waals surface area (Å²) in [5.74, 6) is -1.46. The first-order valence-corrected chi connectivity index (χ1v) is 32.7. The van der Waals surface area contributed by atoms with Crippen LogP contribution in [0, 0.1) is 0 Å². The second-order valence-corrected chi connectivity index (χ2v) is 22.3. The Hall–Kier alpha value is -2.82. The van der Waals surface area contributed by atoms with E-state index in [1.807, 2.05) is 0 Å². The molecular weight excluding hydrogens is 976 g/mol. The van der Waals surface area contributed by atoms with E-state index in [0.717, 1.165) is 103 Å². The van der Waals surface area contributed by atoms with Gasteiger partial charge in [-0.15, -0.1) is 0 Å². The zero-order valence-corrected chi connectivity index (χ0v) is 49.9. The molecule has 2 N–H and O–H groups in total. The number of ether oxygens (including phenoxy) is 3. The molecule has 0 saturated carbocycles. The molecule has 3 atom stereocenters. The van der Waals surface area contributed by atoms with Crippen molar-refractivity contribution in [1.29, 1.82) is 0 Å². The van der Waals surface area contributed by atoms with Crippen molar-refractivity contribution in [3.63, 3.8) is 0 Å². The summed E-state index contributed by atoms with van der Waals surface area (Å²) in [6.07, 6.45) is 64.5. The van der Waals surface area contributed by atoms with E-state index in [2.05, 4.69) is 81.5 Å². The zero-order chi connectivity index (χ0) is 55.5. The fraction of sp³-hybridized carbons (Fsp3) is 0.797. The third-order valence-electron chi connectivity index (χ3n) is 13.4. The van der Waals surface area contributed by atoms with Crippen molar-refractivity contribution in [3.05, 3.63) is 60.8 Å². The number of phosphoric acid groups is 1. The quantitative estimate of drug-likeness (QED) is 0.0197. The molecule has 0 fully saturated rings. The Kier molecular flexibility index (Phi) is 56.2. The molecule has 0 rings (SSSR count). The van der Waals surface area contributed by atoms with Crippen LogP contribution in [0.4, 0.5) is 0 Å². The van der Waals surface area contributed by atoms with Gasteiger partial charge in [-0.3, -0.25) is 23.4 Å². The van der Waals surface area contributed by atoms with Crippen LogP contribution >= 0.6 is 7.82 Å². The third kappa shape index (κ3) is 55.9. The fourth-order valence-corrected chi connectivity index (χ4v) is 9.48. The van der Waals surface area contributed by atoms with Crippen LogP contribution in [0.25, 0.3) is 0 Å². The van der Waals surface area contributed by atoms with E-state index in [-0.39, 0.29) is 25.9 Å². The van der Waals surface area contributed by atoms with E-state index in [0.29, 0.717) is 19.3 Å². The molecule has 0 spiro atoms. The summed E-state index contributed by atoms with van der Waals surface area (Å²) in [6.45, 7) is 4.54. The van der Waals surface area contributed by atoms with E-state index in [9.17, 15) is 28.9 Å². The molecule has 0 radical (unpaired) electrons. The van der Waals surface area contributed by atoms with Crippen LogP contribution in [0.3, 0.4) is 0 Å². The minimum atomic E-state index is -4.75. The number of aliphatic hydroxyl groups excluding tert-OH is 1. The van der Waals surface area contributed by atoms with Crippen LogP contribution in [-0.2, 0) is 42.2 Å². The maximum atomic E-state index is 12.9. The number of allylic oxidation sites excluding steroid dienone is 10. The number of carbonyl (C=O) groups is 3. The van der Waals surface area contributed by atoms with Crippen molar-refractivity contribution in [2.75, 3.05) is 26.4 Å². The Balaban J connectivity index is 4.67. The van der Waals surface area contributed by atoms with Crippen LogP contribution in [0.15, 0.2) is 60.8 Å². The van der Waals surface area contributed by atoms with Gasteiger partial charge in [0.1, 0.15) is 12.7 Å². The fourth-order valence-electron chi connectivity index (χ4n) is 8.70. The summed E-state index contributed by atoms with van der Waals surface area (Å²) < 4.78 is 39.6. The van der Waals surface area contributed by atoms with Crippen LogP contribution in [0.2, 0.25) is 0 Å². The number of esters is 3. The first kappa shape index (κ1) is 73.2. The summed E-state index contributed by atoms with van der Waals surface area (Å²) in [4.78, 5) is 48.7. The van der Waals surface area contributed by atoms with Crippen LogP contribution in [-0.4, -0.2) is 66.5 Å². The van der Waals surface area contributed by atoms with Crippen LogP contribution in [0.5, 0.6) is 0 Å². The lowest BCUT2D eigenvalue weighted by Crippen LogP contribution is -2.30. The molecule has 76 heavy (non-hydrogen) atoms. The number of hydrogen-bond acceptors (Lipinski definition) is 10. The lowest BCUT2D eigenvalue weighted by molar-refractivity contribution is -0.161. The zero-order valence-electron chi connectivity index (χ0n) is 49.0. The highest BCUT2D eigenvalue weighted by molar-refractivity contribution is 7.47. The number of aliphatic hydroxyl groups is 1. The smallest absolute Gasteiger partial charge is 0.462 e. The third-order valence-corrected chi connectivity index (χ3v) is 14.4. The highest BCUT2D eigenvalue weighted by atomic mass is 31.2. The standard InChI is InChI=1S/C64H115O11P/c1-4-7-10-13-16-19-22-25-27-29-30-32-34-37-40-43-46-49-52-55-64(68)75-61(57-71-62(66)53-50-47-44-41-38-35-24-21-18-15-12-9-6-3)59-73-76(69,70)72-58-60(56-65)74-63(67)54-51-48-45-42-39-36-33-31-28-26-23-20-17-14-11-8-5-2/h8,11,16-17,19-20,25-28,60-61,65H,4-7,9-10,12-15,18,21-24,29-59H2,1-3H3,(H,69,70)/b11-8-,19-16-,20-17-,27-25-,28-26-. The Morgan fingerprint density at radius 1 is 0.382 bits per heavy atom. The maximum Gasteiger partial charge on any atom is 0.472 e. The SMILES string of the molecule is CC/C=C\C/C=C\C/C=C\CCCCCCCCCC(=O)OC(CO)COP(=O)(O)OCC(COC(=O)CCCCCCCCCCCCCCC)OC(=O)CCCCCCCCCCC/C=C\C/C=C\CCCCC. The average molecular weight is 1090 g/mol. The minimum absolute atomic E-state index is 0.164. The molecule has 0 aromatic rings. The molecule has 0 aromatic carbocycles. The highest BCUT2D eigenvalue weighted by Crippen LogP contribution is 2.43. The molecule has 442 valence electrons. The number of hydrogen-bond donors (Lipinski definition) is 2. The minimum Gasteiger partial charge on any atom is -0.462 e. The molecule has 0 aliphatic carbocycles. The summed E-state index contributed by atoms with van der Waals surface area (Å²) in [5, 5.41) is 9.84. The first-order chi connectivity index (χ1) is 37.2. The molecule has 0 aliphatic rings. The Bertz CT molecular complexity index is 1510. The van der Waals surface area contributed by atoms with Crippen molar-refractivity contribution >= 4 is 25.7 Å². The van der Waals surface area contributed by atoms with Gasteiger partial charge >= 0.3 is 25.7 Å². The van der Waals surface area contributed by atoms with Gasteiger partial charge in [-0.1, -0.05) is 248 Å². The van der Waals surface area contributed by atoms with Gasteiger partial charge in [0.2, 0.25) is 0 Å². The van der Waals surface area contributed by atoms with E-state index < -0.39 is 57.8 Å². The predicted octanol–water partition coefficient (Wildman–Crippen LogP) is 18.7. The summed E-state index contributed by atoms with van der Waals surface area (Å²) in [7, 11) is -4.75. The topological polar surface area (TPSA) is 155 Å². The molecule has 11 nitrogen and oxygen atoms in total. The van der Waals surface area contributed by atoms with Gasteiger partial charge in [-0.25, -0.2) is 4.57 Å². The lowest BCUT2D eigenvalue weighted by atomic mass is 10.0. The van der Waals surface area contributed by atoms with Crippen LogP contribution in [0.1, 0.15) is 290 Å². The first-order valence-electron chi connectivity index (χ1n) is 31.2. The van der Waals surface area contributed by atoms with E-state index in [4.69, 9.17) is 23.3 Å². The van der Waals surface area contributed by atoms with Crippen molar-refractivity contribution in [3.8, 4) is 0 Å². The van der Waals surface area contributed by atoms with Crippen molar-refractivity contribution in [2.24, 2.45) is 0 Å². The molecule has 0 heterocycles. The van der Waals surface area contributed by atoms with Gasteiger partial charge in [0.25, 0.3) is 0 Å². The second-order valence-electron chi connectivity index (χ2n) is 20.8. The Morgan fingerprint density at radius 2 is 0.684 bits per heavy atom. The van der Waals surface area contributed by atoms with Crippen molar-refractivity contribution in [1.82, 2.24) is 0 Å². The number of rotatable bonds is 58. The van der Waals surface area contributed by atoms with Crippen molar-refractivity contribution in [2.45, 2.75) is 303 Å². The molecule has 0 amide bonds. The average Bonchev–Trinajstić information content (AvgIpc) is 3.41. The number of phosphoric ester groups is 1. The number of carbonyl (C=O) groups excluding carboxylic acids is 3. The van der Waals surface area contributed by atoms with Gasteiger partial charge in [-0.05, 0) is 83.5 Å². The summed E-state index contributed by atoms with van der Waals surface area (Å²) in [5.41, 5.74) is 0. The van der Waals surface area contributed by atoms with E-state index in [1.54, 1.807) is 0 Å². The molecule has 0 bridgehead atoms. The molecule has 12 heteroatoms. The normalized spacial score (nSPS) is 13.7.